The molecule has 2 aromatic rings. The molecular formula is C15H14F3N3OS. The predicted octanol–water partition coefficient (Wildman–Crippen LogP) is 3.67. The number of halogens is 3. The molecule has 0 atom stereocenters. The molecule has 1 aromatic carbocycles. The van der Waals surface area contributed by atoms with Crippen molar-refractivity contribution in [1.82, 2.24) is 9.47 Å². The third kappa shape index (κ3) is 3.47. The molecule has 0 bridgehead atoms. The van der Waals surface area contributed by atoms with Gasteiger partial charge in [0, 0.05) is 30.4 Å². The van der Waals surface area contributed by atoms with E-state index in [9.17, 15) is 18.0 Å². The summed E-state index contributed by atoms with van der Waals surface area (Å²) in [5.41, 5.74) is -0.403. The molecule has 2 amide bonds. The first-order valence-electron chi connectivity index (χ1n) is 7.12. The van der Waals surface area contributed by atoms with Crippen molar-refractivity contribution in [3.63, 3.8) is 0 Å². The van der Waals surface area contributed by atoms with Crippen molar-refractivity contribution in [2.24, 2.45) is 4.99 Å². The van der Waals surface area contributed by atoms with Gasteiger partial charge in [-0.1, -0.05) is 6.07 Å². The van der Waals surface area contributed by atoms with Gasteiger partial charge in [0.2, 0.25) is 0 Å². The van der Waals surface area contributed by atoms with Gasteiger partial charge in [0.1, 0.15) is 0 Å². The second-order valence-corrected chi connectivity index (χ2v) is 6.07. The first kappa shape index (κ1) is 15.8. The Morgan fingerprint density at radius 1 is 1.22 bits per heavy atom. The lowest BCUT2D eigenvalue weighted by Crippen LogP contribution is -2.27. The highest BCUT2D eigenvalue weighted by Crippen LogP contribution is 2.30. The highest BCUT2D eigenvalue weighted by atomic mass is 32.1. The highest BCUT2D eigenvalue weighted by molar-refractivity contribution is 7.07. The summed E-state index contributed by atoms with van der Waals surface area (Å²) in [5.74, 6) is 0. The zero-order valence-electron chi connectivity index (χ0n) is 12.1. The van der Waals surface area contributed by atoms with Gasteiger partial charge in [-0.05, 0) is 31.0 Å². The van der Waals surface area contributed by atoms with Gasteiger partial charge in [-0.3, -0.25) is 4.57 Å². The topological polar surface area (TPSA) is 37.6 Å². The lowest BCUT2D eigenvalue weighted by atomic mass is 10.2. The van der Waals surface area contributed by atoms with E-state index in [0.717, 1.165) is 25.0 Å². The standard InChI is InChI=1S/C15H14F3N3OS/c16-15(17,18)11-4-3-5-12(10-11)21-8-9-23-14(21)19-13(22)20-6-1-2-7-20/h3-5,8-10H,1-2,6-7H2/b19-14-. The van der Waals surface area contributed by atoms with E-state index in [1.54, 1.807) is 22.5 Å². The van der Waals surface area contributed by atoms with E-state index in [0.29, 0.717) is 23.6 Å². The van der Waals surface area contributed by atoms with E-state index in [1.807, 2.05) is 0 Å². The predicted molar refractivity (Wildman–Crippen MR) is 80.4 cm³/mol. The fraction of sp³-hybridized carbons (Fsp3) is 0.333. The van der Waals surface area contributed by atoms with Crippen LogP contribution in [0.4, 0.5) is 18.0 Å². The summed E-state index contributed by atoms with van der Waals surface area (Å²) >= 11 is 1.21. The van der Waals surface area contributed by atoms with Crippen molar-refractivity contribution in [3.8, 4) is 5.69 Å². The van der Waals surface area contributed by atoms with Crippen LogP contribution in [0.15, 0.2) is 40.8 Å². The Bertz CT molecular complexity index is 773. The smallest absolute Gasteiger partial charge is 0.323 e. The molecule has 1 aliphatic rings. The number of amides is 2. The number of carbonyl (C=O) groups excluding carboxylic acids is 1. The number of urea groups is 1. The maximum atomic E-state index is 12.8. The van der Waals surface area contributed by atoms with Crippen molar-refractivity contribution in [3.05, 3.63) is 46.2 Å². The lowest BCUT2D eigenvalue weighted by molar-refractivity contribution is -0.137. The summed E-state index contributed by atoms with van der Waals surface area (Å²) in [4.78, 5) is 18.2. The number of benzene rings is 1. The fourth-order valence-electron chi connectivity index (χ4n) is 2.44. The van der Waals surface area contributed by atoms with Crippen LogP contribution in [0.1, 0.15) is 18.4 Å². The van der Waals surface area contributed by atoms with E-state index in [4.69, 9.17) is 0 Å². The Balaban J connectivity index is 1.96. The number of alkyl halides is 3. The number of hydrogen-bond donors (Lipinski definition) is 0. The first-order chi connectivity index (χ1) is 10.9. The molecule has 0 radical (unpaired) electrons. The minimum absolute atomic E-state index is 0.328. The van der Waals surface area contributed by atoms with Gasteiger partial charge in [0.05, 0.1) is 5.56 Å². The second kappa shape index (κ2) is 6.19. The lowest BCUT2D eigenvalue weighted by Gasteiger charge is -2.11. The molecule has 3 rings (SSSR count). The summed E-state index contributed by atoms with van der Waals surface area (Å²) in [5, 5.41) is 1.69. The zero-order valence-corrected chi connectivity index (χ0v) is 12.9. The highest BCUT2D eigenvalue weighted by Gasteiger charge is 2.30. The van der Waals surface area contributed by atoms with Crippen molar-refractivity contribution in [2.45, 2.75) is 19.0 Å². The second-order valence-electron chi connectivity index (χ2n) is 5.19. The fourth-order valence-corrected chi connectivity index (χ4v) is 3.16. The Hall–Kier alpha value is -2.09. The maximum Gasteiger partial charge on any atom is 0.416 e. The summed E-state index contributed by atoms with van der Waals surface area (Å²) in [6.07, 6.45) is -0.885. The third-order valence-electron chi connectivity index (χ3n) is 3.61. The van der Waals surface area contributed by atoms with Crippen LogP contribution in [0.3, 0.4) is 0 Å². The largest absolute Gasteiger partial charge is 0.416 e. The van der Waals surface area contributed by atoms with Crippen LogP contribution in [0.25, 0.3) is 5.69 Å². The molecule has 122 valence electrons. The van der Waals surface area contributed by atoms with Gasteiger partial charge in [-0.2, -0.15) is 18.2 Å². The molecule has 0 aliphatic carbocycles. The molecular weight excluding hydrogens is 327 g/mol. The molecule has 8 heteroatoms. The molecule has 0 saturated carbocycles. The van der Waals surface area contributed by atoms with Crippen molar-refractivity contribution in [1.29, 1.82) is 0 Å². The van der Waals surface area contributed by atoms with Gasteiger partial charge >= 0.3 is 12.2 Å². The van der Waals surface area contributed by atoms with Crippen LogP contribution in [0, 0.1) is 0 Å². The first-order valence-corrected chi connectivity index (χ1v) is 8.00. The van der Waals surface area contributed by atoms with Gasteiger partial charge in [0.15, 0.2) is 4.80 Å². The Morgan fingerprint density at radius 2 is 1.96 bits per heavy atom. The summed E-state index contributed by atoms with van der Waals surface area (Å²) in [7, 11) is 0. The van der Waals surface area contributed by atoms with E-state index >= 15 is 0 Å². The molecule has 4 nitrogen and oxygen atoms in total. The normalized spacial score (nSPS) is 16.1. The average molecular weight is 341 g/mol. The molecule has 1 fully saturated rings. The SMILES string of the molecule is O=C(/N=c1\sccn1-c1cccc(C(F)(F)F)c1)N1CCCC1. The Labute approximate surface area is 134 Å². The Kier molecular flexibility index (Phi) is 4.25. The molecule has 1 aliphatic heterocycles. The van der Waals surface area contributed by atoms with Crippen molar-refractivity contribution >= 4 is 17.4 Å². The van der Waals surface area contributed by atoms with Crippen LogP contribution in [0.5, 0.6) is 0 Å². The van der Waals surface area contributed by atoms with E-state index in [-0.39, 0.29) is 6.03 Å². The van der Waals surface area contributed by atoms with Crippen LogP contribution in [-0.2, 0) is 6.18 Å². The number of likely N-dealkylation sites (tertiary alicyclic amines) is 1. The minimum Gasteiger partial charge on any atom is -0.323 e. The number of rotatable bonds is 1. The van der Waals surface area contributed by atoms with E-state index in [2.05, 4.69) is 4.99 Å². The molecule has 0 unspecified atom stereocenters. The molecule has 23 heavy (non-hydrogen) atoms. The summed E-state index contributed by atoms with van der Waals surface area (Å²) in [6, 6.07) is 4.62. The Morgan fingerprint density at radius 3 is 2.65 bits per heavy atom. The molecule has 0 N–H and O–H groups in total. The molecule has 1 aromatic heterocycles. The van der Waals surface area contributed by atoms with Crippen LogP contribution in [0.2, 0.25) is 0 Å². The zero-order chi connectivity index (χ0) is 16.4. The van der Waals surface area contributed by atoms with E-state index < -0.39 is 11.7 Å². The average Bonchev–Trinajstić information content (AvgIpc) is 3.18. The minimum atomic E-state index is -4.41. The van der Waals surface area contributed by atoms with Crippen LogP contribution < -0.4 is 4.80 Å². The number of hydrogen-bond acceptors (Lipinski definition) is 2. The summed E-state index contributed by atoms with van der Waals surface area (Å²) < 4.78 is 40.0. The van der Waals surface area contributed by atoms with Crippen molar-refractivity contribution < 1.29 is 18.0 Å². The monoisotopic (exact) mass is 341 g/mol. The number of thiazole rings is 1. The number of aromatic nitrogens is 1. The van der Waals surface area contributed by atoms with Crippen LogP contribution in [-0.4, -0.2) is 28.6 Å². The van der Waals surface area contributed by atoms with Crippen LogP contribution >= 0.6 is 11.3 Å². The van der Waals surface area contributed by atoms with Gasteiger partial charge in [-0.15, -0.1) is 11.3 Å². The summed E-state index contributed by atoms with van der Waals surface area (Å²) in [6.45, 7) is 1.36. The van der Waals surface area contributed by atoms with Crippen molar-refractivity contribution in [2.75, 3.05) is 13.1 Å². The molecule has 0 spiro atoms. The molecule has 2 heterocycles. The van der Waals surface area contributed by atoms with Gasteiger partial charge in [0.25, 0.3) is 0 Å². The van der Waals surface area contributed by atoms with E-state index in [1.165, 1.54) is 22.0 Å². The van der Waals surface area contributed by atoms with Gasteiger partial charge in [-0.25, -0.2) is 4.79 Å². The number of nitrogens with zero attached hydrogens (tertiary/aromatic N) is 3. The maximum absolute atomic E-state index is 12.8. The third-order valence-corrected chi connectivity index (χ3v) is 4.37. The quantitative estimate of drug-likeness (QED) is 0.780. The van der Waals surface area contributed by atoms with Gasteiger partial charge < -0.3 is 4.90 Å². The molecule has 1 saturated heterocycles. The number of carbonyl (C=O) groups is 1.